The number of aromatic nitrogens is 3. The van der Waals surface area contributed by atoms with E-state index in [1.54, 1.807) is 7.11 Å². The molecule has 3 heterocycles. The lowest BCUT2D eigenvalue weighted by Gasteiger charge is -2.26. The maximum Gasteiger partial charge on any atom is 0.419 e. The van der Waals surface area contributed by atoms with Gasteiger partial charge in [0.05, 0.1) is 17.4 Å². The number of hydrogen-bond acceptors (Lipinski definition) is 5. The quantitative estimate of drug-likeness (QED) is 0.736. The molecule has 5 rings (SSSR count). The standard InChI is InChI=1S/C23H30F3N5O/c1-12(2)31-20(9-19(29-31)13-6-18(23(24,25)26)22(27)28-10-13)21-16-7-14(8-17(16)21)30-5-4-15(11-30)32-3/h6,9-10,12,14-17,21H,4-5,7-8,11H2,1-3H3,(H2,27,28)/t14?,15-,16-,17+,21?/m0/s1. The SMILES string of the molecule is CO[C@H]1CCN(C2C[C@@H]3C(c4cc(-c5cnc(N)c(C(F)(F)F)c5)nn4C(C)C)[C@@H]3C2)C1. The van der Waals surface area contributed by atoms with Gasteiger partial charge >= 0.3 is 6.18 Å². The lowest BCUT2D eigenvalue weighted by Crippen LogP contribution is -2.33. The molecule has 2 aliphatic carbocycles. The molecule has 2 aromatic heterocycles. The fourth-order valence-electron chi connectivity index (χ4n) is 5.88. The summed E-state index contributed by atoms with van der Waals surface area (Å²) in [5.41, 5.74) is 6.56. The number of nitrogen functional groups attached to an aromatic ring is 1. The normalized spacial score (nSPS) is 30.3. The summed E-state index contributed by atoms with van der Waals surface area (Å²) in [5.74, 6) is 1.17. The first kappa shape index (κ1) is 21.7. The Kier molecular flexibility index (Phi) is 5.24. The third-order valence-corrected chi connectivity index (χ3v) is 7.56. The Balaban J connectivity index is 1.36. The first-order chi connectivity index (χ1) is 15.2. The van der Waals surface area contributed by atoms with Crippen molar-refractivity contribution in [2.45, 2.75) is 63.4 Å². The summed E-state index contributed by atoms with van der Waals surface area (Å²) in [6.07, 6.45) is 0.632. The van der Waals surface area contributed by atoms with Crippen LogP contribution in [0.2, 0.25) is 0 Å². The van der Waals surface area contributed by atoms with Crippen LogP contribution < -0.4 is 5.73 Å². The van der Waals surface area contributed by atoms with Crippen LogP contribution in [0.15, 0.2) is 18.3 Å². The fourth-order valence-corrected chi connectivity index (χ4v) is 5.88. The smallest absolute Gasteiger partial charge is 0.383 e. The average molecular weight is 450 g/mol. The highest BCUT2D eigenvalue weighted by atomic mass is 19.4. The molecule has 32 heavy (non-hydrogen) atoms. The Morgan fingerprint density at radius 1 is 1.19 bits per heavy atom. The highest BCUT2D eigenvalue weighted by Crippen LogP contribution is 2.64. The van der Waals surface area contributed by atoms with Crippen molar-refractivity contribution in [2.24, 2.45) is 11.8 Å². The van der Waals surface area contributed by atoms with Crippen LogP contribution in [0.4, 0.5) is 19.0 Å². The molecule has 0 radical (unpaired) electrons. The highest BCUT2D eigenvalue weighted by Gasteiger charge is 2.59. The monoisotopic (exact) mass is 449 g/mol. The summed E-state index contributed by atoms with van der Waals surface area (Å²) in [4.78, 5) is 6.35. The molecule has 1 saturated heterocycles. The number of fused-ring (bicyclic) bond motifs is 1. The molecule has 0 aromatic carbocycles. The second-order valence-electron chi connectivity index (χ2n) is 9.77. The van der Waals surface area contributed by atoms with Crippen LogP contribution in [-0.4, -0.2) is 52.0 Å². The van der Waals surface area contributed by atoms with Crippen molar-refractivity contribution < 1.29 is 17.9 Å². The number of pyridine rings is 1. The topological polar surface area (TPSA) is 69.2 Å². The van der Waals surface area contributed by atoms with E-state index in [0.29, 0.717) is 41.2 Å². The molecule has 3 fully saturated rings. The van der Waals surface area contributed by atoms with Gasteiger partial charge in [0.1, 0.15) is 5.82 Å². The molecule has 174 valence electrons. The van der Waals surface area contributed by atoms with Gasteiger partial charge in [-0.15, -0.1) is 0 Å². The predicted molar refractivity (Wildman–Crippen MR) is 115 cm³/mol. The molecule has 1 aliphatic heterocycles. The molecule has 0 spiro atoms. The van der Waals surface area contributed by atoms with E-state index in [4.69, 9.17) is 10.5 Å². The van der Waals surface area contributed by atoms with Crippen molar-refractivity contribution in [3.05, 3.63) is 29.6 Å². The number of anilines is 1. The third-order valence-electron chi connectivity index (χ3n) is 7.56. The molecule has 2 unspecified atom stereocenters. The Labute approximate surface area is 185 Å². The maximum atomic E-state index is 13.3. The van der Waals surface area contributed by atoms with Gasteiger partial charge in [-0.1, -0.05) is 0 Å². The molecular formula is C23H30F3N5O. The van der Waals surface area contributed by atoms with E-state index in [9.17, 15) is 13.2 Å². The van der Waals surface area contributed by atoms with Crippen LogP contribution in [0, 0.1) is 11.8 Å². The summed E-state index contributed by atoms with van der Waals surface area (Å²) in [6, 6.07) is 3.76. The number of alkyl halides is 3. The van der Waals surface area contributed by atoms with Gasteiger partial charge in [-0.05, 0) is 57.1 Å². The molecular weight excluding hydrogens is 419 g/mol. The molecule has 6 nitrogen and oxygen atoms in total. The molecule has 2 N–H and O–H groups in total. The van der Waals surface area contributed by atoms with E-state index in [-0.39, 0.29) is 6.04 Å². The van der Waals surface area contributed by atoms with Crippen LogP contribution in [0.1, 0.15) is 56.3 Å². The van der Waals surface area contributed by atoms with Gasteiger partial charge in [0.2, 0.25) is 0 Å². The summed E-state index contributed by atoms with van der Waals surface area (Å²) >= 11 is 0. The van der Waals surface area contributed by atoms with Gasteiger partial charge in [-0.2, -0.15) is 18.3 Å². The zero-order chi connectivity index (χ0) is 22.8. The van der Waals surface area contributed by atoms with Crippen molar-refractivity contribution in [3.63, 3.8) is 0 Å². The van der Waals surface area contributed by atoms with Crippen molar-refractivity contribution in [2.75, 3.05) is 25.9 Å². The fraction of sp³-hybridized carbons (Fsp3) is 0.652. The number of rotatable bonds is 5. The molecule has 9 heteroatoms. The molecule has 2 saturated carbocycles. The summed E-state index contributed by atoms with van der Waals surface area (Å²) in [6.45, 7) is 6.23. The second-order valence-corrected chi connectivity index (χ2v) is 9.77. The number of hydrogen-bond donors (Lipinski definition) is 1. The number of methoxy groups -OCH3 is 1. The minimum Gasteiger partial charge on any atom is -0.383 e. The Bertz CT molecular complexity index is 992. The molecule has 0 amide bonds. The highest BCUT2D eigenvalue weighted by molar-refractivity contribution is 5.63. The number of halogens is 3. The molecule has 3 aliphatic rings. The number of nitrogens with zero attached hydrogens (tertiary/aromatic N) is 4. The average Bonchev–Trinajstić information content (AvgIpc) is 3.22. The van der Waals surface area contributed by atoms with E-state index >= 15 is 0 Å². The molecule has 2 aromatic rings. The van der Waals surface area contributed by atoms with Crippen LogP contribution in [0.25, 0.3) is 11.3 Å². The van der Waals surface area contributed by atoms with Crippen molar-refractivity contribution in [1.82, 2.24) is 19.7 Å². The minimum absolute atomic E-state index is 0.126. The molecule has 5 atom stereocenters. The summed E-state index contributed by atoms with van der Waals surface area (Å²) in [5, 5.41) is 4.68. The van der Waals surface area contributed by atoms with Crippen molar-refractivity contribution >= 4 is 5.82 Å². The Hall–Kier alpha value is -2.13. The van der Waals surface area contributed by atoms with E-state index in [1.807, 2.05) is 10.7 Å². The summed E-state index contributed by atoms with van der Waals surface area (Å²) < 4.78 is 47.4. The van der Waals surface area contributed by atoms with E-state index in [1.165, 1.54) is 19.0 Å². The van der Waals surface area contributed by atoms with Crippen molar-refractivity contribution in [3.8, 4) is 11.3 Å². The van der Waals surface area contributed by atoms with Gasteiger partial charge in [-0.3, -0.25) is 9.58 Å². The third kappa shape index (κ3) is 3.69. The number of nitrogens with two attached hydrogens (primary N) is 1. The first-order valence-corrected chi connectivity index (χ1v) is 11.4. The van der Waals surface area contributed by atoms with Crippen molar-refractivity contribution in [1.29, 1.82) is 0 Å². The number of likely N-dealkylation sites (tertiary alicyclic amines) is 1. The van der Waals surface area contributed by atoms with Gasteiger partial charge in [0, 0.05) is 55.7 Å². The lowest BCUT2D eigenvalue weighted by molar-refractivity contribution is -0.137. The lowest BCUT2D eigenvalue weighted by atomic mass is 10.0. The number of ether oxygens (including phenoxy) is 1. The second kappa shape index (κ2) is 7.73. The van der Waals surface area contributed by atoms with Crippen LogP contribution in [0.3, 0.4) is 0 Å². The van der Waals surface area contributed by atoms with E-state index in [2.05, 4.69) is 28.8 Å². The Morgan fingerprint density at radius 3 is 2.50 bits per heavy atom. The maximum absolute atomic E-state index is 13.3. The predicted octanol–water partition coefficient (Wildman–Crippen LogP) is 4.34. The van der Waals surface area contributed by atoms with Gasteiger partial charge in [-0.25, -0.2) is 4.98 Å². The molecule has 0 bridgehead atoms. The Morgan fingerprint density at radius 2 is 1.91 bits per heavy atom. The van der Waals surface area contributed by atoms with E-state index in [0.717, 1.165) is 31.3 Å². The van der Waals surface area contributed by atoms with Gasteiger partial charge < -0.3 is 10.5 Å². The van der Waals surface area contributed by atoms with E-state index < -0.39 is 17.6 Å². The zero-order valence-electron chi connectivity index (χ0n) is 18.6. The first-order valence-electron chi connectivity index (χ1n) is 11.4. The zero-order valence-corrected chi connectivity index (χ0v) is 18.6. The van der Waals surface area contributed by atoms with Crippen LogP contribution in [0.5, 0.6) is 0 Å². The largest absolute Gasteiger partial charge is 0.419 e. The minimum atomic E-state index is -4.55. The van der Waals surface area contributed by atoms with Gasteiger partial charge in [0.25, 0.3) is 0 Å². The van der Waals surface area contributed by atoms with Gasteiger partial charge in [0.15, 0.2) is 0 Å². The summed E-state index contributed by atoms with van der Waals surface area (Å²) in [7, 11) is 1.79. The van der Waals surface area contributed by atoms with Crippen LogP contribution in [-0.2, 0) is 10.9 Å². The van der Waals surface area contributed by atoms with Crippen LogP contribution >= 0.6 is 0 Å².